The Morgan fingerprint density at radius 1 is 0.682 bits per heavy atom. The Morgan fingerprint density at radius 2 is 1.32 bits per heavy atom. The maximum absolute atomic E-state index is 8.70. The van der Waals surface area contributed by atoms with Crippen molar-refractivity contribution in [1.82, 2.24) is 0 Å². The first-order valence-corrected chi connectivity index (χ1v) is 7.89. The Hall–Kier alpha value is -2.00. The lowest BCUT2D eigenvalue weighted by atomic mass is 10.2. The summed E-state index contributed by atoms with van der Waals surface area (Å²) in [5.41, 5.74) is 1.16. The van der Waals surface area contributed by atoms with Crippen LogP contribution in [0.15, 0.2) is 54.6 Å². The minimum absolute atomic E-state index is 0.283. The van der Waals surface area contributed by atoms with Crippen LogP contribution in [0.1, 0.15) is 31.2 Å². The molecule has 3 heteroatoms. The minimum atomic E-state index is 0.283. The van der Waals surface area contributed by atoms with Crippen molar-refractivity contribution in [2.75, 3.05) is 13.2 Å². The summed E-state index contributed by atoms with van der Waals surface area (Å²) in [5, 5.41) is 8.70. The Labute approximate surface area is 132 Å². The van der Waals surface area contributed by atoms with Gasteiger partial charge in [-0.15, -0.1) is 0 Å². The monoisotopic (exact) mass is 300 g/mol. The van der Waals surface area contributed by atoms with Gasteiger partial charge in [-0.2, -0.15) is 0 Å². The van der Waals surface area contributed by atoms with Crippen LogP contribution < -0.4 is 9.47 Å². The topological polar surface area (TPSA) is 38.7 Å². The van der Waals surface area contributed by atoms with E-state index in [0.29, 0.717) is 6.61 Å². The fourth-order valence-corrected chi connectivity index (χ4v) is 2.13. The number of rotatable bonds is 10. The third kappa shape index (κ3) is 6.19. The van der Waals surface area contributed by atoms with Crippen molar-refractivity contribution in [3.05, 3.63) is 60.2 Å². The minimum Gasteiger partial charge on any atom is -0.494 e. The average Bonchev–Trinajstić information content (AvgIpc) is 2.58. The van der Waals surface area contributed by atoms with Gasteiger partial charge >= 0.3 is 0 Å². The van der Waals surface area contributed by atoms with Crippen LogP contribution in [-0.2, 0) is 6.61 Å². The van der Waals surface area contributed by atoms with E-state index in [1.807, 2.05) is 54.6 Å². The highest BCUT2D eigenvalue weighted by Crippen LogP contribution is 2.19. The molecule has 22 heavy (non-hydrogen) atoms. The average molecular weight is 300 g/mol. The number of ether oxygens (including phenoxy) is 2. The van der Waals surface area contributed by atoms with Gasteiger partial charge in [-0.25, -0.2) is 0 Å². The Kier molecular flexibility index (Phi) is 7.33. The van der Waals surface area contributed by atoms with Crippen LogP contribution in [0.2, 0.25) is 0 Å². The zero-order valence-electron chi connectivity index (χ0n) is 12.9. The standard InChI is InChI=1S/C19H24O3/c20-14-6-1-2-7-15-21-18-10-12-19(13-11-18)22-16-17-8-4-3-5-9-17/h3-5,8-13,20H,1-2,6-7,14-16H2. The van der Waals surface area contributed by atoms with Crippen LogP contribution in [-0.4, -0.2) is 18.3 Å². The van der Waals surface area contributed by atoms with E-state index in [2.05, 4.69) is 0 Å². The third-order valence-corrected chi connectivity index (χ3v) is 3.39. The zero-order valence-corrected chi connectivity index (χ0v) is 12.9. The van der Waals surface area contributed by atoms with E-state index in [-0.39, 0.29) is 6.61 Å². The molecule has 3 nitrogen and oxygen atoms in total. The van der Waals surface area contributed by atoms with Crippen molar-refractivity contribution < 1.29 is 14.6 Å². The summed E-state index contributed by atoms with van der Waals surface area (Å²) >= 11 is 0. The van der Waals surface area contributed by atoms with Crippen molar-refractivity contribution in [1.29, 1.82) is 0 Å². The molecule has 0 aliphatic carbocycles. The molecule has 0 heterocycles. The first-order chi connectivity index (χ1) is 10.9. The smallest absolute Gasteiger partial charge is 0.120 e. The third-order valence-electron chi connectivity index (χ3n) is 3.39. The molecule has 2 aromatic carbocycles. The molecule has 0 aliphatic rings. The van der Waals surface area contributed by atoms with Gasteiger partial charge in [0.2, 0.25) is 0 Å². The number of hydrogen-bond donors (Lipinski definition) is 1. The maximum Gasteiger partial charge on any atom is 0.120 e. The summed E-state index contributed by atoms with van der Waals surface area (Å²) in [7, 11) is 0. The van der Waals surface area contributed by atoms with E-state index in [1.165, 1.54) is 0 Å². The first-order valence-electron chi connectivity index (χ1n) is 7.89. The van der Waals surface area contributed by atoms with Crippen LogP contribution in [0.4, 0.5) is 0 Å². The van der Waals surface area contributed by atoms with Gasteiger partial charge in [0.05, 0.1) is 6.61 Å². The molecule has 0 saturated heterocycles. The number of benzene rings is 2. The van der Waals surface area contributed by atoms with E-state index in [0.717, 1.165) is 49.4 Å². The van der Waals surface area contributed by atoms with Gasteiger partial charge in [-0.3, -0.25) is 0 Å². The van der Waals surface area contributed by atoms with Gasteiger partial charge in [-0.05, 0) is 49.1 Å². The van der Waals surface area contributed by atoms with Crippen LogP contribution in [0.3, 0.4) is 0 Å². The second-order valence-electron chi connectivity index (χ2n) is 5.23. The van der Waals surface area contributed by atoms with E-state index in [4.69, 9.17) is 14.6 Å². The summed E-state index contributed by atoms with van der Waals surface area (Å²) in [6.45, 7) is 1.58. The van der Waals surface area contributed by atoms with E-state index in [9.17, 15) is 0 Å². The summed E-state index contributed by atoms with van der Waals surface area (Å²) < 4.78 is 11.4. The highest BCUT2D eigenvalue weighted by molar-refractivity contribution is 5.31. The van der Waals surface area contributed by atoms with Crippen molar-refractivity contribution in [3.8, 4) is 11.5 Å². The molecule has 0 radical (unpaired) electrons. The Bertz CT molecular complexity index is 508. The zero-order chi connectivity index (χ0) is 15.5. The normalized spacial score (nSPS) is 10.4. The Balaban J connectivity index is 1.67. The lowest BCUT2D eigenvalue weighted by Crippen LogP contribution is -1.98. The van der Waals surface area contributed by atoms with Gasteiger partial charge < -0.3 is 14.6 Å². The van der Waals surface area contributed by atoms with Crippen LogP contribution in [0.5, 0.6) is 11.5 Å². The number of aliphatic hydroxyl groups is 1. The van der Waals surface area contributed by atoms with Crippen molar-refractivity contribution in [2.45, 2.75) is 32.3 Å². The molecule has 0 fully saturated rings. The van der Waals surface area contributed by atoms with Crippen LogP contribution in [0, 0.1) is 0 Å². The summed E-state index contributed by atoms with van der Waals surface area (Å²) in [5.74, 6) is 1.72. The van der Waals surface area contributed by atoms with Gasteiger partial charge in [0.15, 0.2) is 0 Å². The Morgan fingerprint density at radius 3 is 2.00 bits per heavy atom. The number of hydrogen-bond acceptors (Lipinski definition) is 3. The SMILES string of the molecule is OCCCCCCOc1ccc(OCc2ccccc2)cc1. The molecule has 1 N–H and O–H groups in total. The molecule has 0 saturated carbocycles. The predicted molar refractivity (Wildman–Crippen MR) is 88.3 cm³/mol. The summed E-state index contributed by atoms with van der Waals surface area (Å²) in [6.07, 6.45) is 4.06. The number of unbranched alkanes of at least 4 members (excludes halogenated alkanes) is 3. The molecule has 0 unspecified atom stereocenters. The lowest BCUT2D eigenvalue weighted by Gasteiger charge is -2.09. The summed E-state index contributed by atoms with van der Waals surface area (Å²) in [6, 6.07) is 17.9. The molecule has 2 aromatic rings. The highest BCUT2D eigenvalue weighted by Gasteiger charge is 1.98. The lowest BCUT2D eigenvalue weighted by molar-refractivity contribution is 0.273. The highest BCUT2D eigenvalue weighted by atomic mass is 16.5. The van der Waals surface area contributed by atoms with Gasteiger partial charge in [0, 0.05) is 6.61 Å². The molecular weight excluding hydrogens is 276 g/mol. The van der Waals surface area contributed by atoms with Gasteiger partial charge in [-0.1, -0.05) is 36.8 Å². The quantitative estimate of drug-likeness (QED) is 0.668. The fraction of sp³-hybridized carbons (Fsp3) is 0.368. The molecule has 0 aromatic heterocycles. The summed E-state index contributed by atoms with van der Waals surface area (Å²) in [4.78, 5) is 0. The van der Waals surface area contributed by atoms with Crippen molar-refractivity contribution >= 4 is 0 Å². The molecule has 0 bridgehead atoms. The largest absolute Gasteiger partial charge is 0.494 e. The van der Waals surface area contributed by atoms with Gasteiger partial charge in [0.1, 0.15) is 18.1 Å². The van der Waals surface area contributed by atoms with Gasteiger partial charge in [0.25, 0.3) is 0 Å². The fourth-order valence-electron chi connectivity index (χ4n) is 2.13. The van der Waals surface area contributed by atoms with Crippen LogP contribution in [0.25, 0.3) is 0 Å². The molecule has 0 atom stereocenters. The van der Waals surface area contributed by atoms with Crippen LogP contribution >= 0.6 is 0 Å². The van der Waals surface area contributed by atoms with Crippen molar-refractivity contribution in [2.24, 2.45) is 0 Å². The molecule has 2 rings (SSSR count). The molecular formula is C19H24O3. The first kappa shape index (κ1) is 16.4. The maximum atomic E-state index is 8.70. The molecule has 0 aliphatic heterocycles. The predicted octanol–water partition coefficient (Wildman–Crippen LogP) is 4.20. The van der Waals surface area contributed by atoms with E-state index in [1.54, 1.807) is 0 Å². The number of aliphatic hydroxyl groups excluding tert-OH is 1. The molecule has 0 spiro atoms. The molecule has 0 amide bonds. The second kappa shape index (κ2) is 9.85. The molecule has 118 valence electrons. The van der Waals surface area contributed by atoms with Crippen molar-refractivity contribution in [3.63, 3.8) is 0 Å². The van der Waals surface area contributed by atoms with E-state index < -0.39 is 0 Å². The van der Waals surface area contributed by atoms with E-state index >= 15 is 0 Å². The second-order valence-corrected chi connectivity index (χ2v) is 5.23.